The zero-order valence-electron chi connectivity index (χ0n) is 11.7. The number of nitrogens with one attached hydrogen (secondary N) is 1. The largest absolute Gasteiger partial charge is 0.491 e. The molecule has 1 aromatic heterocycles. The van der Waals surface area contributed by atoms with E-state index in [-0.39, 0.29) is 6.10 Å². The fraction of sp³-hybridized carbons (Fsp3) is 0.400. The second-order valence-electron chi connectivity index (χ2n) is 4.90. The Kier molecular flexibility index (Phi) is 4.22. The van der Waals surface area contributed by atoms with Gasteiger partial charge < -0.3 is 10.2 Å². The molecule has 0 aliphatic carbocycles. The number of hydrazine groups is 1. The van der Waals surface area contributed by atoms with Gasteiger partial charge in [-0.2, -0.15) is 0 Å². The molecule has 0 aliphatic rings. The number of nitrogens with zero attached hydrogens (tertiary/aromatic N) is 1. The second kappa shape index (κ2) is 5.89. The van der Waals surface area contributed by atoms with Crippen LogP contribution in [0.1, 0.15) is 32.9 Å². The maximum absolute atomic E-state index is 5.70. The quantitative estimate of drug-likeness (QED) is 0.639. The molecule has 0 aliphatic heterocycles. The minimum atomic E-state index is 0.152. The summed E-state index contributed by atoms with van der Waals surface area (Å²) >= 11 is 0. The maximum atomic E-state index is 5.70. The number of hydrogen-bond acceptors (Lipinski definition) is 4. The third-order valence-corrected chi connectivity index (χ3v) is 2.87. The van der Waals surface area contributed by atoms with Crippen LogP contribution in [0.15, 0.2) is 24.3 Å². The lowest BCUT2D eigenvalue weighted by Gasteiger charge is -2.13. The van der Waals surface area contributed by atoms with E-state index in [1.54, 1.807) is 0 Å². The number of aromatic nitrogens is 1. The van der Waals surface area contributed by atoms with Gasteiger partial charge >= 0.3 is 0 Å². The van der Waals surface area contributed by atoms with Crippen molar-refractivity contribution in [2.75, 3.05) is 5.43 Å². The number of hydrogen-bond donors (Lipinski definition) is 2. The normalized spacial score (nSPS) is 11.0. The Balaban J connectivity index is 2.49. The van der Waals surface area contributed by atoms with E-state index in [1.807, 2.05) is 38.1 Å². The highest BCUT2D eigenvalue weighted by Crippen LogP contribution is 2.27. The molecule has 2 rings (SSSR count). The lowest BCUT2D eigenvalue weighted by Crippen LogP contribution is -2.09. The van der Waals surface area contributed by atoms with E-state index in [0.29, 0.717) is 0 Å². The van der Waals surface area contributed by atoms with Gasteiger partial charge in [0.05, 0.1) is 17.3 Å². The van der Waals surface area contributed by atoms with Gasteiger partial charge in [-0.25, -0.2) is 0 Å². The van der Waals surface area contributed by atoms with Crippen molar-refractivity contribution in [1.29, 1.82) is 0 Å². The average Bonchev–Trinajstić information content (AvgIpc) is 2.38. The van der Waals surface area contributed by atoms with Crippen LogP contribution in [-0.2, 0) is 6.42 Å². The summed E-state index contributed by atoms with van der Waals surface area (Å²) < 4.78 is 5.70. The molecule has 0 fully saturated rings. The van der Waals surface area contributed by atoms with E-state index in [0.717, 1.165) is 40.9 Å². The Morgan fingerprint density at radius 3 is 2.74 bits per heavy atom. The van der Waals surface area contributed by atoms with Crippen LogP contribution >= 0.6 is 0 Å². The number of ether oxygens (including phenoxy) is 1. The third kappa shape index (κ3) is 3.15. The molecule has 1 aromatic carbocycles. The van der Waals surface area contributed by atoms with Crippen LogP contribution in [0.4, 0.5) is 5.69 Å². The molecular weight excluding hydrogens is 238 g/mol. The standard InChI is InChI=1S/C15H21N3O/c1-4-5-11-8-15(18-16)13-9-12(19-10(2)3)6-7-14(13)17-11/h6-10H,4-5,16H2,1-3H3,(H,17,18). The van der Waals surface area contributed by atoms with Crippen LogP contribution < -0.4 is 16.0 Å². The molecule has 2 aromatic rings. The predicted molar refractivity (Wildman–Crippen MR) is 79.3 cm³/mol. The Morgan fingerprint density at radius 1 is 1.32 bits per heavy atom. The molecule has 0 amide bonds. The zero-order valence-corrected chi connectivity index (χ0v) is 11.7. The van der Waals surface area contributed by atoms with E-state index in [9.17, 15) is 0 Å². The molecule has 0 spiro atoms. The third-order valence-electron chi connectivity index (χ3n) is 2.87. The van der Waals surface area contributed by atoms with E-state index in [2.05, 4.69) is 17.3 Å². The summed E-state index contributed by atoms with van der Waals surface area (Å²) in [5, 5.41) is 0.987. The summed E-state index contributed by atoms with van der Waals surface area (Å²) in [6.45, 7) is 6.16. The number of nitrogens with two attached hydrogens (primary N) is 1. The summed E-state index contributed by atoms with van der Waals surface area (Å²) in [6.07, 6.45) is 2.17. The number of aryl methyl sites for hydroxylation is 1. The molecule has 1 heterocycles. The van der Waals surface area contributed by atoms with Crippen LogP contribution in [0.5, 0.6) is 5.75 Å². The van der Waals surface area contributed by atoms with Gasteiger partial charge in [0.25, 0.3) is 0 Å². The number of rotatable bonds is 5. The average molecular weight is 259 g/mol. The Hall–Kier alpha value is -1.81. The summed E-state index contributed by atoms with van der Waals surface area (Å²) in [5.74, 6) is 6.45. The van der Waals surface area contributed by atoms with E-state index in [1.165, 1.54) is 0 Å². The van der Waals surface area contributed by atoms with Gasteiger partial charge in [-0.15, -0.1) is 0 Å². The van der Waals surface area contributed by atoms with Crippen molar-refractivity contribution in [3.63, 3.8) is 0 Å². The van der Waals surface area contributed by atoms with Gasteiger partial charge in [-0.3, -0.25) is 10.8 Å². The topological polar surface area (TPSA) is 60.2 Å². The first-order chi connectivity index (χ1) is 9.13. The fourth-order valence-electron chi connectivity index (χ4n) is 2.11. The van der Waals surface area contributed by atoms with Gasteiger partial charge in [0, 0.05) is 11.1 Å². The first-order valence-corrected chi connectivity index (χ1v) is 6.71. The van der Waals surface area contributed by atoms with Crippen LogP contribution in [0, 0.1) is 0 Å². The van der Waals surface area contributed by atoms with Gasteiger partial charge in [0.15, 0.2) is 0 Å². The van der Waals surface area contributed by atoms with Crippen LogP contribution in [-0.4, -0.2) is 11.1 Å². The van der Waals surface area contributed by atoms with Crippen molar-refractivity contribution in [3.8, 4) is 5.75 Å². The molecule has 4 nitrogen and oxygen atoms in total. The van der Waals surface area contributed by atoms with E-state index < -0.39 is 0 Å². The first-order valence-electron chi connectivity index (χ1n) is 6.71. The van der Waals surface area contributed by atoms with Crippen LogP contribution in [0.3, 0.4) is 0 Å². The number of pyridine rings is 1. The van der Waals surface area contributed by atoms with Crippen molar-refractivity contribution >= 4 is 16.6 Å². The highest BCUT2D eigenvalue weighted by atomic mass is 16.5. The highest BCUT2D eigenvalue weighted by Gasteiger charge is 2.07. The van der Waals surface area contributed by atoms with E-state index in [4.69, 9.17) is 10.6 Å². The lowest BCUT2D eigenvalue weighted by atomic mass is 10.1. The molecule has 0 radical (unpaired) electrons. The highest BCUT2D eigenvalue weighted by molar-refractivity contribution is 5.92. The minimum absolute atomic E-state index is 0.152. The molecule has 0 saturated carbocycles. The van der Waals surface area contributed by atoms with Gasteiger partial charge in [0.2, 0.25) is 0 Å². The summed E-state index contributed by atoms with van der Waals surface area (Å²) in [6, 6.07) is 7.91. The zero-order chi connectivity index (χ0) is 13.8. The summed E-state index contributed by atoms with van der Waals surface area (Å²) in [7, 11) is 0. The SMILES string of the molecule is CCCc1cc(NN)c2cc(OC(C)C)ccc2n1. The monoisotopic (exact) mass is 259 g/mol. The maximum Gasteiger partial charge on any atom is 0.120 e. The Morgan fingerprint density at radius 2 is 2.11 bits per heavy atom. The molecule has 3 N–H and O–H groups in total. The lowest BCUT2D eigenvalue weighted by molar-refractivity contribution is 0.243. The molecule has 19 heavy (non-hydrogen) atoms. The predicted octanol–water partition coefficient (Wildman–Crippen LogP) is 3.26. The van der Waals surface area contributed by atoms with E-state index >= 15 is 0 Å². The molecule has 0 unspecified atom stereocenters. The molecule has 102 valence electrons. The number of nitrogen functional groups attached to an aromatic ring is 1. The van der Waals surface area contributed by atoms with Gasteiger partial charge in [0.1, 0.15) is 5.75 Å². The number of benzene rings is 1. The molecule has 0 atom stereocenters. The second-order valence-corrected chi connectivity index (χ2v) is 4.90. The van der Waals surface area contributed by atoms with Crippen LogP contribution in [0.25, 0.3) is 10.9 Å². The molecular formula is C15H21N3O. The minimum Gasteiger partial charge on any atom is -0.491 e. The first kappa shape index (κ1) is 13.6. The molecule has 4 heteroatoms. The molecule has 0 saturated heterocycles. The Bertz CT molecular complexity index is 567. The smallest absolute Gasteiger partial charge is 0.120 e. The van der Waals surface area contributed by atoms with Crippen molar-refractivity contribution < 1.29 is 4.74 Å². The number of fused-ring (bicyclic) bond motifs is 1. The van der Waals surface area contributed by atoms with Gasteiger partial charge in [-0.05, 0) is 44.5 Å². The molecule has 0 bridgehead atoms. The van der Waals surface area contributed by atoms with Gasteiger partial charge in [-0.1, -0.05) is 13.3 Å². The van der Waals surface area contributed by atoms with Crippen molar-refractivity contribution in [3.05, 3.63) is 30.0 Å². The van der Waals surface area contributed by atoms with Crippen molar-refractivity contribution in [2.24, 2.45) is 5.84 Å². The van der Waals surface area contributed by atoms with Crippen molar-refractivity contribution in [1.82, 2.24) is 4.98 Å². The van der Waals surface area contributed by atoms with Crippen molar-refractivity contribution in [2.45, 2.75) is 39.7 Å². The van der Waals surface area contributed by atoms with Crippen LogP contribution in [0.2, 0.25) is 0 Å². The summed E-state index contributed by atoms with van der Waals surface area (Å²) in [5.41, 5.74) is 5.64. The Labute approximate surface area is 113 Å². The number of anilines is 1. The fourth-order valence-corrected chi connectivity index (χ4v) is 2.11. The summed E-state index contributed by atoms with van der Waals surface area (Å²) in [4.78, 5) is 4.64.